The van der Waals surface area contributed by atoms with Crippen LogP contribution in [0.15, 0.2) is 18.2 Å². The van der Waals surface area contributed by atoms with Crippen LogP contribution in [0, 0.1) is 5.92 Å². The first-order valence-corrected chi connectivity index (χ1v) is 10.0. The van der Waals surface area contributed by atoms with Crippen molar-refractivity contribution in [2.45, 2.75) is 91.8 Å². The molecule has 0 fully saturated rings. The summed E-state index contributed by atoms with van der Waals surface area (Å²) >= 11 is 0. The second-order valence-corrected chi connectivity index (χ2v) is 6.92. The molecule has 0 heterocycles. The Hall–Kier alpha value is -1.39. The molecule has 0 amide bonds. The van der Waals surface area contributed by atoms with E-state index in [4.69, 9.17) is 5.11 Å². The lowest BCUT2D eigenvalue weighted by Crippen LogP contribution is -2.29. The minimum absolute atomic E-state index is 0.0509. The lowest BCUT2D eigenvalue weighted by atomic mass is 9.91. The Bertz CT molecular complexity index is 511. The van der Waals surface area contributed by atoms with Crippen LogP contribution in [0.3, 0.4) is 0 Å². The third-order valence-corrected chi connectivity index (χ3v) is 4.69. The summed E-state index contributed by atoms with van der Waals surface area (Å²) in [7, 11) is 0. The van der Waals surface area contributed by atoms with Crippen molar-refractivity contribution in [2.24, 2.45) is 5.92 Å². The molecular formula is C22H38O4. The first kappa shape index (κ1) is 24.6. The van der Waals surface area contributed by atoms with E-state index in [9.17, 15) is 15.0 Å². The Kier molecular flexibility index (Phi) is 13.0. The molecular weight excluding hydrogens is 328 g/mol. The van der Waals surface area contributed by atoms with Crippen molar-refractivity contribution >= 4 is 5.97 Å². The third-order valence-electron chi connectivity index (χ3n) is 4.69. The molecule has 0 spiro atoms. The van der Waals surface area contributed by atoms with Crippen LogP contribution in [0.1, 0.15) is 88.2 Å². The lowest BCUT2D eigenvalue weighted by molar-refractivity contribution is 0.0151. The molecule has 1 rings (SSSR count). The Labute approximate surface area is 159 Å². The van der Waals surface area contributed by atoms with Crippen molar-refractivity contribution in [1.29, 1.82) is 0 Å². The maximum Gasteiger partial charge on any atom is 0.335 e. The van der Waals surface area contributed by atoms with Crippen LogP contribution < -0.4 is 0 Å². The quantitative estimate of drug-likeness (QED) is 0.553. The monoisotopic (exact) mass is 366 g/mol. The van der Waals surface area contributed by atoms with Gasteiger partial charge in [0.05, 0.1) is 17.8 Å². The summed E-state index contributed by atoms with van der Waals surface area (Å²) in [6.45, 7) is 9.97. The van der Waals surface area contributed by atoms with Gasteiger partial charge in [-0.3, -0.25) is 0 Å². The van der Waals surface area contributed by atoms with Crippen LogP contribution in [0.5, 0.6) is 0 Å². The number of carboxylic acids is 1. The van der Waals surface area contributed by atoms with Gasteiger partial charge in [0.2, 0.25) is 0 Å². The van der Waals surface area contributed by atoms with E-state index in [2.05, 4.69) is 13.8 Å². The molecule has 0 bridgehead atoms. The number of benzene rings is 1. The van der Waals surface area contributed by atoms with E-state index in [-0.39, 0.29) is 18.1 Å². The Morgan fingerprint density at radius 2 is 1.62 bits per heavy atom. The number of carbonyl (C=O) groups is 1. The number of hydrogen-bond acceptors (Lipinski definition) is 3. The van der Waals surface area contributed by atoms with E-state index < -0.39 is 5.97 Å². The van der Waals surface area contributed by atoms with E-state index in [1.807, 2.05) is 26.0 Å². The molecule has 3 unspecified atom stereocenters. The third kappa shape index (κ3) is 8.33. The smallest absolute Gasteiger partial charge is 0.335 e. The highest BCUT2D eigenvalue weighted by molar-refractivity contribution is 5.89. The van der Waals surface area contributed by atoms with Gasteiger partial charge < -0.3 is 15.3 Å². The molecule has 0 saturated carbocycles. The average molecular weight is 367 g/mol. The minimum atomic E-state index is -0.809. The van der Waals surface area contributed by atoms with Gasteiger partial charge in [0, 0.05) is 5.92 Å². The number of aliphatic hydroxyl groups is 2. The summed E-state index contributed by atoms with van der Waals surface area (Å²) in [6, 6.07) is 5.58. The molecule has 4 heteroatoms. The summed E-state index contributed by atoms with van der Waals surface area (Å²) in [6.07, 6.45) is 5.77. The highest BCUT2D eigenvalue weighted by atomic mass is 16.4. The number of aliphatic hydroxyl groups excluding tert-OH is 2. The Morgan fingerprint density at radius 3 is 2.04 bits per heavy atom. The van der Waals surface area contributed by atoms with Gasteiger partial charge in [-0.25, -0.2) is 4.79 Å². The number of rotatable bonds is 10. The van der Waals surface area contributed by atoms with E-state index in [1.54, 1.807) is 13.0 Å². The Morgan fingerprint density at radius 1 is 1.00 bits per heavy atom. The van der Waals surface area contributed by atoms with Gasteiger partial charge in [0.1, 0.15) is 0 Å². The Balaban J connectivity index is 0.000000508. The van der Waals surface area contributed by atoms with E-state index in [1.165, 1.54) is 5.56 Å². The minimum Gasteiger partial charge on any atom is -0.478 e. The molecule has 0 saturated heterocycles. The van der Waals surface area contributed by atoms with Gasteiger partial charge in [-0.15, -0.1) is 0 Å². The fourth-order valence-corrected chi connectivity index (χ4v) is 3.33. The zero-order chi connectivity index (χ0) is 20.1. The van der Waals surface area contributed by atoms with Crippen LogP contribution in [0.25, 0.3) is 0 Å². The fraction of sp³-hybridized carbons (Fsp3) is 0.682. The van der Waals surface area contributed by atoms with Crippen LogP contribution in [0.4, 0.5) is 0 Å². The lowest BCUT2D eigenvalue weighted by Gasteiger charge is -2.23. The van der Waals surface area contributed by atoms with Crippen LogP contribution in [-0.2, 0) is 12.8 Å². The molecule has 26 heavy (non-hydrogen) atoms. The zero-order valence-corrected chi connectivity index (χ0v) is 17.2. The highest BCUT2D eigenvalue weighted by Crippen LogP contribution is 2.19. The fourth-order valence-electron chi connectivity index (χ4n) is 3.33. The molecule has 0 aromatic heterocycles. The van der Waals surface area contributed by atoms with Crippen LogP contribution in [0.2, 0.25) is 0 Å². The predicted molar refractivity (Wildman–Crippen MR) is 108 cm³/mol. The summed E-state index contributed by atoms with van der Waals surface area (Å²) < 4.78 is 0. The van der Waals surface area contributed by atoms with E-state index in [0.717, 1.165) is 50.5 Å². The highest BCUT2D eigenvalue weighted by Gasteiger charge is 2.20. The number of aromatic carboxylic acids is 1. The molecule has 1 aromatic carbocycles. The molecule has 3 atom stereocenters. The average Bonchev–Trinajstić information content (AvgIpc) is 2.57. The van der Waals surface area contributed by atoms with Gasteiger partial charge in [0.25, 0.3) is 0 Å². The predicted octanol–water partition coefficient (Wildman–Crippen LogP) is 4.84. The van der Waals surface area contributed by atoms with Crippen molar-refractivity contribution in [3.05, 3.63) is 34.9 Å². The molecule has 4 nitrogen and oxygen atoms in total. The van der Waals surface area contributed by atoms with Crippen molar-refractivity contribution in [3.63, 3.8) is 0 Å². The van der Waals surface area contributed by atoms with Crippen molar-refractivity contribution in [1.82, 2.24) is 0 Å². The van der Waals surface area contributed by atoms with Crippen molar-refractivity contribution in [3.8, 4) is 0 Å². The van der Waals surface area contributed by atoms with Gasteiger partial charge in [-0.05, 0) is 49.8 Å². The molecule has 150 valence electrons. The zero-order valence-electron chi connectivity index (χ0n) is 17.2. The van der Waals surface area contributed by atoms with Gasteiger partial charge in [-0.2, -0.15) is 0 Å². The number of hydrogen-bond donors (Lipinski definition) is 3. The summed E-state index contributed by atoms with van der Waals surface area (Å²) in [5.74, 6) is -0.758. The molecule has 1 aromatic rings. The molecule has 0 aliphatic rings. The molecule has 0 aliphatic carbocycles. The van der Waals surface area contributed by atoms with Gasteiger partial charge in [0.15, 0.2) is 0 Å². The van der Waals surface area contributed by atoms with Crippen LogP contribution in [-0.4, -0.2) is 33.5 Å². The summed E-state index contributed by atoms with van der Waals surface area (Å²) in [5.41, 5.74) is 2.69. The number of carboxylic acid groups (broad SMARTS) is 1. The summed E-state index contributed by atoms with van der Waals surface area (Å²) in [4.78, 5) is 11.1. The van der Waals surface area contributed by atoms with E-state index >= 15 is 0 Å². The molecule has 0 aliphatic heterocycles. The molecule has 0 radical (unpaired) electrons. The normalized spacial score (nSPS) is 14.1. The van der Waals surface area contributed by atoms with E-state index in [0.29, 0.717) is 5.56 Å². The van der Waals surface area contributed by atoms with Gasteiger partial charge >= 0.3 is 5.97 Å². The van der Waals surface area contributed by atoms with Crippen LogP contribution >= 0.6 is 0 Å². The topological polar surface area (TPSA) is 77.8 Å². The maximum atomic E-state index is 11.1. The standard InChI is InChI=1S/C13H18O2.C9H20O2/c1-3-6-10-8-5-9-12(13(14)15)11(10)7-4-2;1-4-6-9(11)8(5-2)7(3)10/h5,8-9H,3-4,6-7H2,1-2H3,(H,14,15);7-11H,4-6H2,1-3H3. The largest absolute Gasteiger partial charge is 0.478 e. The SMILES string of the molecule is CCCC(O)C(CC)C(C)O.CCCc1cccc(C(=O)O)c1CCC. The van der Waals surface area contributed by atoms with Gasteiger partial charge in [-0.1, -0.05) is 59.1 Å². The number of aryl methyl sites for hydroxylation is 1. The first-order chi connectivity index (χ1) is 12.3. The summed E-state index contributed by atoms with van der Waals surface area (Å²) in [5, 5.41) is 27.9. The first-order valence-electron chi connectivity index (χ1n) is 10.0. The second kappa shape index (κ2) is 13.8. The van der Waals surface area contributed by atoms with Crippen molar-refractivity contribution < 1.29 is 20.1 Å². The maximum absolute atomic E-state index is 11.1. The second-order valence-electron chi connectivity index (χ2n) is 6.92. The van der Waals surface area contributed by atoms with Crippen molar-refractivity contribution in [2.75, 3.05) is 0 Å². The molecule has 3 N–H and O–H groups in total.